The molecule has 0 saturated carbocycles. The lowest BCUT2D eigenvalue weighted by Gasteiger charge is -1.99. The molecule has 1 aromatic carbocycles. The molecule has 0 aliphatic rings. The summed E-state index contributed by atoms with van der Waals surface area (Å²) in [6.45, 7) is 0. The summed E-state index contributed by atoms with van der Waals surface area (Å²) in [5.41, 5.74) is 0.391. The van der Waals surface area contributed by atoms with Gasteiger partial charge in [0.1, 0.15) is 12.0 Å². The molecule has 5 nitrogen and oxygen atoms in total. The van der Waals surface area contributed by atoms with Crippen molar-refractivity contribution >= 4 is 16.7 Å². The van der Waals surface area contributed by atoms with Crippen LogP contribution in [-0.4, -0.2) is 19.3 Å². The molecule has 0 fully saturated rings. The first-order chi connectivity index (χ1) is 6.01. The Morgan fingerprint density at radius 3 is 2.15 bits per heavy atom. The van der Waals surface area contributed by atoms with Gasteiger partial charge in [-0.15, -0.1) is 0 Å². The molecule has 70 valence electrons. The van der Waals surface area contributed by atoms with Gasteiger partial charge in [-0.25, -0.2) is 0 Å². The topological polar surface area (TPSA) is 80.7 Å². The number of carbonyl (C=O) groups is 1. The van der Waals surface area contributed by atoms with Crippen LogP contribution in [0.5, 0.6) is 5.75 Å². The highest BCUT2D eigenvalue weighted by Gasteiger charge is 2.05. The molecule has 0 aromatic heterocycles. The Morgan fingerprint density at radius 1 is 1.23 bits per heavy atom. The fourth-order valence-electron chi connectivity index (χ4n) is 0.724. The Bertz CT molecular complexity index is 391. The minimum absolute atomic E-state index is 0.0481. The van der Waals surface area contributed by atoms with Crippen molar-refractivity contribution in [1.82, 2.24) is 0 Å². The van der Waals surface area contributed by atoms with E-state index in [1.165, 1.54) is 24.3 Å². The van der Waals surface area contributed by atoms with Crippen molar-refractivity contribution in [3.05, 3.63) is 29.8 Å². The summed E-state index contributed by atoms with van der Waals surface area (Å²) in [6.07, 6.45) is 0.608. The van der Waals surface area contributed by atoms with Crippen LogP contribution in [0.2, 0.25) is 0 Å². The van der Waals surface area contributed by atoms with Gasteiger partial charge in [-0.1, -0.05) is 0 Å². The van der Waals surface area contributed by atoms with Gasteiger partial charge in [0.05, 0.1) is 0 Å². The van der Waals surface area contributed by atoms with E-state index in [2.05, 4.69) is 4.18 Å². The second kappa shape index (κ2) is 3.55. The van der Waals surface area contributed by atoms with E-state index in [1.54, 1.807) is 0 Å². The quantitative estimate of drug-likeness (QED) is 0.575. The van der Waals surface area contributed by atoms with E-state index in [0.717, 1.165) is 0 Å². The molecule has 0 spiro atoms. The van der Waals surface area contributed by atoms with Gasteiger partial charge in [0.15, 0.2) is 0 Å². The largest absolute Gasteiger partial charge is 0.446 e. The van der Waals surface area contributed by atoms with Gasteiger partial charge < -0.3 is 4.18 Å². The van der Waals surface area contributed by atoms with Gasteiger partial charge in [0, 0.05) is 5.56 Å². The van der Waals surface area contributed by atoms with Crippen molar-refractivity contribution in [3.63, 3.8) is 0 Å². The molecule has 0 heterocycles. The molecule has 0 bridgehead atoms. The molecule has 0 unspecified atom stereocenters. The maximum absolute atomic E-state index is 10.2. The highest BCUT2D eigenvalue weighted by Crippen LogP contribution is 2.12. The predicted octanol–water partition coefficient (Wildman–Crippen LogP) is 0.681. The number of hydrogen-bond acceptors (Lipinski definition) is 4. The second-order valence-corrected chi connectivity index (χ2v) is 3.22. The van der Waals surface area contributed by atoms with Gasteiger partial charge in [0.25, 0.3) is 0 Å². The molecule has 1 rings (SSSR count). The van der Waals surface area contributed by atoms with Crippen molar-refractivity contribution in [2.45, 2.75) is 0 Å². The molecule has 0 radical (unpaired) electrons. The number of carbonyl (C=O) groups excluding carboxylic acids is 1. The summed E-state index contributed by atoms with van der Waals surface area (Å²) in [7, 11) is -4.49. The maximum atomic E-state index is 10.2. The van der Waals surface area contributed by atoms with Crippen molar-refractivity contribution < 1.29 is 21.9 Å². The summed E-state index contributed by atoms with van der Waals surface area (Å²) in [5, 5.41) is 0. The van der Waals surface area contributed by atoms with Gasteiger partial charge in [-0.05, 0) is 24.3 Å². The fraction of sp³-hybridized carbons (Fsp3) is 0. The van der Waals surface area contributed by atoms with Crippen LogP contribution in [0.25, 0.3) is 0 Å². The average Bonchev–Trinajstić information content (AvgIpc) is 2.03. The SMILES string of the molecule is O=Cc1ccc(OS(=O)(=O)O)cc1. The van der Waals surface area contributed by atoms with Crippen molar-refractivity contribution in [3.8, 4) is 5.75 Å². The number of benzene rings is 1. The molecular weight excluding hydrogens is 196 g/mol. The lowest BCUT2D eigenvalue weighted by Crippen LogP contribution is -2.06. The average molecular weight is 202 g/mol. The number of hydrogen-bond donors (Lipinski definition) is 1. The fourth-order valence-corrected chi connectivity index (χ4v) is 1.08. The van der Waals surface area contributed by atoms with Crippen LogP contribution in [-0.2, 0) is 10.4 Å². The third-order valence-electron chi connectivity index (χ3n) is 1.22. The minimum atomic E-state index is -4.49. The van der Waals surface area contributed by atoms with Crippen LogP contribution in [0.4, 0.5) is 0 Å². The second-order valence-electron chi connectivity index (χ2n) is 2.20. The molecule has 0 aliphatic heterocycles. The standard InChI is InChI=1S/C7H6O5S/c8-5-6-1-3-7(4-2-6)12-13(9,10)11/h1-5H,(H,9,10,11). The third kappa shape index (κ3) is 3.22. The molecule has 6 heteroatoms. The highest BCUT2D eigenvalue weighted by atomic mass is 32.3. The predicted molar refractivity (Wildman–Crippen MR) is 44.0 cm³/mol. The smallest absolute Gasteiger partial charge is 0.362 e. The van der Waals surface area contributed by atoms with E-state index in [1.807, 2.05) is 0 Å². The zero-order valence-electron chi connectivity index (χ0n) is 6.38. The Labute approximate surface area is 74.9 Å². The van der Waals surface area contributed by atoms with Crippen LogP contribution < -0.4 is 4.18 Å². The van der Waals surface area contributed by atoms with E-state index in [-0.39, 0.29) is 5.75 Å². The van der Waals surface area contributed by atoms with Crippen molar-refractivity contribution in [2.75, 3.05) is 0 Å². The summed E-state index contributed by atoms with van der Waals surface area (Å²) in [5.74, 6) is -0.0481. The molecule has 0 aliphatic carbocycles. The molecule has 0 atom stereocenters. The Hall–Kier alpha value is -1.40. The van der Waals surface area contributed by atoms with Crippen LogP contribution in [0.15, 0.2) is 24.3 Å². The summed E-state index contributed by atoms with van der Waals surface area (Å²) in [4.78, 5) is 10.2. The van der Waals surface area contributed by atoms with E-state index in [0.29, 0.717) is 11.8 Å². The Kier molecular flexibility index (Phi) is 2.64. The van der Waals surface area contributed by atoms with Crippen LogP contribution >= 0.6 is 0 Å². The minimum Gasteiger partial charge on any atom is -0.362 e. The van der Waals surface area contributed by atoms with Gasteiger partial charge in [-0.2, -0.15) is 8.42 Å². The van der Waals surface area contributed by atoms with E-state index < -0.39 is 10.4 Å². The monoisotopic (exact) mass is 202 g/mol. The first-order valence-corrected chi connectivity index (χ1v) is 4.60. The number of rotatable bonds is 3. The first kappa shape index (κ1) is 9.69. The molecular formula is C7H6O5S. The van der Waals surface area contributed by atoms with Gasteiger partial charge in [-0.3, -0.25) is 9.35 Å². The van der Waals surface area contributed by atoms with Crippen LogP contribution in [0.1, 0.15) is 10.4 Å². The van der Waals surface area contributed by atoms with E-state index in [9.17, 15) is 13.2 Å². The zero-order valence-corrected chi connectivity index (χ0v) is 7.19. The molecule has 1 N–H and O–H groups in total. The van der Waals surface area contributed by atoms with E-state index >= 15 is 0 Å². The Morgan fingerprint density at radius 2 is 1.77 bits per heavy atom. The van der Waals surface area contributed by atoms with Crippen molar-refractivity contribution in [2.24, 2.45) is 0 Å². The summed E-state index contributed by atoms with van der Waals surface area (Å²) in [6, 6.07) is 5.26. The molecule has 0 amide bonds. The van der Waals surface area contributed by atoms with Gasteiger partial charge in [0.2, 0.25) is 0 Å². The Balaban J connectivity index is 2.87. The summed E-state index contributed by atoms with van der Waals surface area (Å²) < 4.78 is 32.8. The third-order valence-corrected chi connectivity index (χ3v) is 1.62. The molecule has 1 aromatic rings. The van der Waals surface area contributed by atoms with E-state index in [4.69, 9.17) is 4.55 Å². The van der Waals surface area contributed by atoms with Crippen molar-refractivity contribution in [1.29, 1.82) is 0 Å². The first-order valence-electron chi connectivity index (χ1n) is 3.23. The maximum Gasteiger partial charge on any atom is 0.446 e. The highest BCUT2D eigenvalue weighted by molar-refractivity contribution is 7.81. The lowest BCUT2D eigenvalue weighted by molar-refractivity contribution is 0.112. The number of aldehydes is 1. The zero-order chi connectivity index (χ0) is 9.90. The molecule has 13 heavy (non-hydrogen) atoms. The lowest BCUT2D eigenvalue weighted by atomic mass is 10.2. The normalized spacial score (nSPS) is 10.8. The van der Waals surface area contributed by atoms with Crippen LogP contribution in [0, 0.1) is 0 Å². The molecule has 0 saturated heterocycles. The summed E-state index contributed by atoms with van der Waals surface area (Å²) >= 11 is 0. The van der Waals surface area contributed by atoms with Crippen LogP contribution in [0.3, 0.4) is 0 Å². The van der Waals surface area contributed by atoms with Gasteiger partial charge >= 0.3 is 10.4 Å².